The van der Waals surface area contributed by atoms with E-state index in [9.17, 15) is 9.59 Å². The molecule has 1 heterocycles. The zero-order chi connectivity index (χ0) is 11.2. The molecule has 3 rings (SSSR count). The third-order valence-corrected chi connectivity index (χ3v) is 3.75. The van der Waals surface area contributed by atoms with Crippen LogP contribution in [0.1, 0.15) is 24.0 Å². The van der Waals surface area contributed by atoms with Crippen LogP contribution in [0, 0.1) is 5.41 Å². The molecule has 3 nitrogen and oxygen atoms in total. The molecule has 1 aromatic carbocycles. The molecule has 1 atom stereocenters. The molecule has 0 radical (unpaired) electrons. The maximum Gasteiger partial charge on any atom is 0.233 e. The van der Waals surface area contributed by atoms with Gasteiger partial charge in [-0.2, -0.15) is 0 Å². The molecule has 3 heteroatoms. The van der Waals surface area contributed by atoms with Crippen molar-refractivity contribution in [3.63, 3.8) is 0 Å². The van der Waals surface area contributed by atoms with E-state index in [0.29, 0.717) is 12.8 Å². The van der Waals surface area contributed by atoms with Crippen molar-refractivity contribution in [2.45, 2.75) is 25.7 Å². The lowest BCUT2D eigenvalue weighted by Gasteiger charge is -2.31. The van der Waals surface area contributed by atoms with Crippen LogP contribution in [0.15, 0.2) is 24.3 Å². The van der Waals surface area contributed by atoms with Crippen LogP contribution >= 0.6 is 0 Å². The molecule has 1 saturated heterocycles. The van der Waals surface area contributed by atoms with Crippen LogP contribution in [0.25, 0.3) is 0 Å². The highest BCUT2D eigenvalue weighted by Gasteiger charge is 2.47. The summed E-state index contributed by atoms with van der Waals surface area (Å²) in [6.45, 7) is 0. The lowest BCUT2D eigenvalue weighted by atomic mass is 9.70. The SMILES string of the molecule is O=C1CC2(CCc3ccccc3C2)C(=O)N1. The molecule has 1 unspecified atom stereocenters. The number of carbonyl (C=O) groups excluding carboxylic acids is 2. The van der Waals surface area contributed by atoms with Gasteiger partial charge < -0.3 is 0 Å². The van der Waals surface area contributed by atoms with Crippen molar-refractivity contribution in [2.24, 2.45) is 5.41 Å². The van der Waals surface area contributed by atoms with E-state index in [1.165, 1.54) is 11.1 Å². The van der Waals surface area contributed by atoms with E-state index >= 15 is 0 Å². The molecule has 0 bridgehead atoms. The highest BCUT2D eigenvalue weighted by atomic mass is 16.2. The zero-order valence-electron chi connectivity index (χ0n) is 8.95. The van der Waals surface area contributed by atoms with Gasteiger partial charge in [0.05, 0.1) is 5.41 Å². The molecule has 0 aromatic heterocycles. The molecule has 2 amide bonds. The van der Waals surface area contributed by atoms with Gasteiger partial charge in [0.1, 0.15) is 0 Å². The van der Waals surface area contributed by atoms with Gasteiger partial charge in [0.2, 0.25) is 11.8 Å². The Labute approximate surface area is 93.8 Å². The Morgan fingerprint density at radius 3 is 2.50 bits per heavy atom. The minimum Gasteiger partial charge on any atom is -0.296 e. The summed E-state index contributed by atoms with van der Waals surface area (Å²) in [5, 5.41) is 2.43. The first kappa shape index (κ1) is 9.58. The number of hydrogen-bond donors (Lipinski definition) is 1. The van der Waals surface area contributed by atoms with Gasteiger partial charge in [-0.05, 0) is 30.4 Å². The largest absolute Gasteiger partial charge is 0.296 e. The van der Waals surface area contributed by atoms with E-state index in [2.05, 4.69) is 17.4 Å². The standard InChI is InChI=1S/C13H13NO2/c15-11-8-13(12(16)14-11)6-5-9-3-1-2-4-10(9)7-13/h1-4H,5-8H2,(H,14,15,16). The number of imide groups is 1. The Balaban J connectivity index is 1.98. The maximum absolute atomic E-state index is 11.8. The minimum absolute atomic E-state index is 0.0768. The first-order valence-electron chi connectivity index (χ1n) is 5.61. The van der Waals surface area contributed by atoms with Crippen LogP contribution in [0.5, 0.6) is 0 Å². The highest BCUT2D eigenvalue weighted by Crippen LogP contribution is 2.41. The summed E-state index contributed by atoms with van der Waals surface area (Å²) in [5.74, 6) is -0.198. The van der Waals surface area contributed by atoms with Crippen LogP contribution in [0.2, 0.25) is 0 Å². The molecule has 82 valence electrons. The fourth-order valence-corrected chi connectivity index (χ4v) is 2.84. The summed E-state index contributed by atoms with van der Waals surface area (Å²) in [6.07, 6.45) is 2.76. The van der Waals surface area contributed by atoms with Crippen molar-refractivity contribution < 1.29 is 9.59 Å². The van der Waals surface area contributed by atoms with Crippen LogP contribution < -0.4 is 5.32 Å². The topological polar surface area (TPSA) is 46.2 Å². The predicted octanol–water partition coefficient (Wildman–Crippen LogP) is 1.21. The summed E-state index contributed by atoms with van der Waals surface area (Å²) in [7, 11) is 0. The van der Waals surface area contributed by atoms with Gasteiger partial charge in [-0.1, -0.05) is 24.3 Å². The molecule has 2 aliphatic rings. The minimum atomic E-state index is -0.453. The highest BCUT2D eigenvalue weighted by molar-refractivity contribution is 6.06. The number of aryl methyl sites for hydroxylation is 1. The zero-order valence-corrected chi connectivity index (χ0v) is 8.95. The molecule has 1 fully saturated rings. The Hall–Kier alpha value is -1.64. The molecule has 0 saturated carbocycles. The van der Waals surface area contributed by atoms with Gasteiger partial charge in [-0.15, -0.1) is 0 Å². The Bertz CT molecular complexity index is 481. The second kappa shape index (κ2) is 3.17. The van der Waals surface area contributed by atoms with Gasteiger partial charge in [-0.25, -0.2) is 0 Å². The first-order chi connectivity index (χ1) is 7.70. The number of carbonyl (C=O) groups is 2. The molecule has 1 aliphatic heterocycles. The van der Waals surface area contributed by atoms with Crippen LogP contribution in [0.3, 0.4) is 0 Å². The molecule has 1 aromatic rings. The van der Waals surface area contributed by atoms with E-state index in [4.69, 9.17) is 0 Å². The molecular weight excluding hydrogens is 202 g/mol. The van der Waals surface area contributed by atoms with Gasteiger partial charge in [0.15, 0.2) is 0 Å². The van der Waals surface area contributed by atoms with Gasteiger partial charge in [0, 0.05) is 6.42 Å². The normalized spacial score (nSPS) is 28.0. The third-order valence-electron chi connectivity index (χ3n) is 3.75. The lowest BCUT2D eigenvalue weighted by molar-refractivity contribution is -0.129. The molecule has 1 N–H and O–H groups in total. The molecule has 1 aliphatic carbocycles. The number of rotatable bonds is 0. The average molecular weight is 215 g/mol. The lowest BCUT2D eigenvalue weighted by Crippen LogP contribution is -2.36. The van der Waals surface area contributed by atoms with Crippen LogP contribution in [-0.2, 0) is 22.4 Å². The molecule has 1 spiro atoms. The first-order valence-corrected chi connectivity index (χ1v) is 5.61. The van der Waals surface area contributed by atoms with E-state index in [1.807, 2.05) is 12.1 Å². The maximum atomic E-state index is 11.8. The van der Waals surface area contributed by atoms with Crippen molar-refractivity contribution in [3.05, 3.63) is 35.4 Å². The van der Waals surface area contributed by atoms with Crippen molar-refractivity contribution >= 4 is 11.8 Å². The Morgan fingerprint density at radius 2 is 1.81 bits per heavy atom. The van der Waals surface area contributed by atoms with E-state index in [1.54, 1.807) is 0 Å². The number of fused-ring (bicyclic) bond motifs is 1. The quantitative estimate of drug-likeness (QED) is 0.661. The van der Waals surface area contributed by atoms with Gasteiger partial charge in [-0.3, -0.25) is 14.9 Å². The monoisotopic (exact) mass is 215 g/mol. The van der Waals surface area contributed by atoms with E-state index < -0.39 is 5.41 Å². The second-order valence-electron chi connectivity index (χ2n) is 4.78. The summed E-state index contributed by atoms with van der Waals surface area (Å²) in [4.78, 5) is 23.1. The van der Waals surface area contributed by atoms with Crippen molar-refractivity contribution in [3.8, 4) is 0 Å². The van der Waals surface area contributed by atoms with E-state index in [0.717, 1.165) is 12.8 Å². The van der Waals surface area contributed by atoms with Gasteiger partial charge in [0.25, 0.3) is 0 Å². The summed E-state index contributed by atoms with van der Waals surface area (Å²) in [5.41, 5.74) is 2.09. The average Bonchev–Trinajstić information content (AvgIpc) is 2.53. The fraction of sp³-hybridized carbons (Fsp3) is 0.385. The number of hydrogen-bond acceptors (Lipinski definition) is 2. The van der Waals surface area contributed by atoms with Crippen molar-refractivity contribution in [1.29, 1.82) is 0 Å². The summed E-state index contributed by atoms with van der Waals surface area (Å²) < 4.78 is 0. The summed E-state index contributed by atoms with van der Waals surface area (Å²) in [6, 6.07) is 8.19. The number of nitrogens with one attached hydrogen (secondary N) is 1. The smallest absolute Gasteiger partial charge is 0.233 e. The second-order valence-corrected chi connectivity index (χ2v) is 4.78. The Morgan fingerprint density at radius 1 is 1.06 bits per heavy atom. The molecular formula is C13H13NO2. The third kappa shape index (κ3) is 1.28. The number of amides is 2. The van der Waals surface area contributed by atoms with E-state index in [-0.39, 0.29) is 11.8 Å². The van der Waals surface area contributed by atoms with Crippen LogP contribution in [-0.4, -0.2) is 11.8 Å². The predicted molar refractivity (Wildman–Crippen MR) is 58.7 cm³/mol. The Kier molecular flexibility index (Phi) is 1.90. The summed E-state index contributed by atoms with van der Waals surface area (Å²) >= 11 is 0. The van der Waals surface area contributed by atoms with Crippen molar-refractivity contribution in [2.75, 3.05) is 0 Å². The van der Waals surface area contributed by atoms with Crippen LogP contribution in [0.4, 0.5) is 0 Å². The fourth-order valence-electron chi connectivity index (χ4n) is 2.84. The van der Waals surface area contributed by atoms with Crippen molar-refractivity contribution in [1.82, 2.24) is 5.32 Å². The molecule has 16 heavy (non-hydrogen) atoms. The van der Waals surface area contributed by atoms with Gasteiger partial charge >= 0.3 is 0 Å². The number of benzene rings is 1.